The Morgan fingerprint density at radius 1 is 0.667 bits per heavy atom. The van der Waals surface area contributed by atoms with Crippen molar-refractivity contribution < 1.29 is 14.4 Å². The van der Waals surface area contributed by atoms with Crippen LogP contribution in [-0.4, -0.2) is 22.2 Å². The van der Waals surface area contributed by atoms with E-state index < -0.39 is 11.8 Å². The first-order valence-corrected chi connectivity index (χ1v) is 9.40. The summed E-state index contributed by atoms with van der Waals surface area (Å²) < 4.78 is 1.85. The minimum Gasteiger partial charge on any atom is -0.350 e. The number of nitrogens with zero attached hydrogens (tertiary/aromatic N) is 1. The third-order valence-electron chi connectivity index (χ3n) is 4.88. The first-order chi connectivity index (χ1) is 14.6. The lowest BCUT2D eigenvalue weighted by atomic mass is 9.98. The quantitative estimate of drug-likeness (QED) is 0.409. The van der Waals surface area contributed by atoms with E-state index in [9.17, 15) is 14.4 Å². The predicted octanol–water partition coefficient (Wildman–Crippen LogP) is 3.48. The van der Waals surface area contributed by atoms with Crippen LogP contribution in [0.1, 0.15) is 36.6 Å². The first kappa shape index (κ1) is 19.1. The molecule has 6 heteroatoms. The molecule has 0 saturated heterocycles. The molecule has 0 saturated carbocycles. The topological polar surface area (TPSA) is 80.2 Å². The molecule has 0 aliphatic rings. The molecule has 148 valence electrons. The molecule has 1 heterocycles. The Labute approximate surface area is 173 Å². The number of carbonyl (C=O) groups is 3. The number of carbonyl (C=O) groups excluding carboxylic acids is 3. The zero-order chi connectivity index (χ0) is 21.1. The van der Waals surface area contributed by atoms with E-state index in [4.69, 9.17) is 0 Å². The van der Waals surface area contributed by atoms with Crippen LogP contribution >= 0.6 is 0 Å². The van der Waals surface area contributed by atoms with Crippen LogP contribution in [0.15, 0.2) is 85.1 Å². The summed E-state index contributed by atoms with van der Waals surface area (Å²) in [6.07, 6.45) is 1.71. The normalized spacial score (nSPS) is 10.6. The molecule has 4 rings (SSSR count). The number of aromatic nitrogens is 1. The summed E-state index contributed by atoms with van der Waals surface area (Å²) in [6.45, 7) is 0. The van der Waals surface area contributed by atoms with Gasteiger partial charge in [-0.3, -0.25) is 25.2 Å². The largest absolute Gasteiger partial charge is 0.350 e. The van der Waals surface area contributed by atoms with Crippen LogP contribution in [-0.2, 0) is 7.05 Å². The van der Waals surface area contributed by atoms with Crippen molar-refractivity contribution in [2.24, 2.45) is 7.05 Å². The zero-order valence-electron chi connectivity index (χ0n) is 16.3. The van der Waals surface area contributed by atoms with Crippen LogP contribution in [0, 0.1) is 0 Å². The fourth-order valence-electron chi connectivity index (χ4n) is 3.39. The van der Waals surface area contributed by atoms with E-state index in [-0.39, 0.29) is 16.9 Å². The maximum absolute atomic E-state index is 12.8. The lowest BCUT2D eigenvalue weighted by Crippen LogP contribution is -2.42. The third-order valence-corrected chi connectivity index (χ3v) is 4.88. The number of amides is 2. The van der Waals surface area contributed by atoms with Crippen molar-refractivity contribution >= 4 is 28.5 Å². The zero-order valence-corrected chi connectivity index (χ0v) is 16.3. The van der Waals surface area contributed by atoms with Crippen LogP contribution in [0.3, 0.4) is 0 Å². The van der Waals surface area contributed by atoms with Crippen molar-refractivity contribution in [2.75, 3.05) is 0 Å². The summed E-state index contributed by atoms with van der Waals surface area (Å²) >= 11 is 0. The third kappa shape index (κ3) is 3.58. The Bertz CT molecular complexity index is 1260. The van der Waals surface area contributed by atoms with Gasteiger partial charge in [0.25, 0.3) is 11.8 Å². The van der Waals surface area contributed by atoms with Gasteiger partial charge in [-0.2, -0.15) is 0 Å². The van der Waals surface area contributed by atoms with Gasteiger partial charge in [0, 0.05) is 35.3 Å². The van der Waals surface area contributed by atoms with Gasteiger partial charge in [0.05, 0.1) is 11.1 Å². The molecule has 2 N–H and O–H groups in total. The van der Waals surface area contributed by atoms with Crippen molar-refractivity contribution in [3.8, 4) is 0 Å². The Balaban J connectivity index is 1.54. The molecule has 30 heavy (non-hydrogen) atoms. The average Bonchev–Trinajstić information content (AvgIpc) is 3.14. The van der Waals surface area contributed by atoms with Crippen LogP contribution in [0.2, 0.25) is 0 Å². The number of hydrazine groups is 1. The van der Waals surface area contributed by atoms with Gasteiger partial charge in [-0.1, -0.05) is 66.7 Å². The molecule has 0 aliphatic carbocycles. The van der Waals surface area contributed by atoms with Gasteiger partial charge in [-0.15, -0.1) is 0 Å². The van der Waals surface area contributed by atoms with E-state index in [2.05, 4.69) is 10.9 Å². The monoisotopic (exact) mass is 397 g/mol. The molecule has 0 aliphatic heterocycles. The molecule has 0 spiro atoms. The van der Waals surface area contributed by atoms with Gasteiger partial charge in [-0.25, -0.2) is 0 Å². The number of hydrogen-bond acceptors (Lipinski definition) is 3. The molecule has 0 fully saturated rings. The highest BCUT2D eigenvalue weighted by molar-refractivity contribution is 6.15. The van der Waals surface area contributed by atoms with E-state index in [1.165, 1.54) is 0 Å². The SMILES string of the molecule is Cn1cc(C(=O)NNC(=O)c2ccccc2C(=O)c2ccccc2)c2ccccc21. The lowest BCUT2D eigenvalue weighted by molar-refractivity contribution is 0.0845. The van der Waals surface area contributed by atoms with E-state index in [0.717, 1.165) is 10.9 Å². The molecule has 0 radical (unpaired) electrons. The Kier molecular flexibility index (Phi) is 5.13. The van der Waals surface area contributed by atoms with E-state index in [0.29, 0.717) is 11.1 Å². The number of fused-ring (bicyclic) bond motifs is 1. The maximum Gasteiger partial charge on any atom is 0.271 e. The molecule has 3 aromatic carbocycles. The van der Waals surface area contributed by atoms with Crippen LogP contribution in [0.5, 0.6) is 0 Å². The first-order valence-electron chi connectivity index (χ1n) is 9.40. The van der Waals surface area contributed by atoms with Gasteiger partial charge in [-0.05, 0) is 12.1 Å². The fraction of sp³-hybridized carbons (Fsp3) is 0.0417. The van der Waals surface area contributed by atoms with E-state index >= 15 is 0 Å². The molecule has 1 aromatic heterocycles. The van der Waals surface area contributed by atoms with Gasteiger partial charge >= 0.3 is 0 Å². The minimum atomic E-state index is -0.566. The highest BCUT2D eigenvalue weighted by Gasteiger charge is 2.19. The summed E-state index contributed by atoms with van der Waals surface area (Å²) in [6, 6.07) is 22.8. The second-order valence-corrected chi connectivity index (χ2v) is 6.82. The number of hydrogen-bond donors (Lipinski definition) is 2. The molecule has 0 unspecified atom stereocenters. The summed E-state index contributed by atoms with van der Waals surface area (Å²) in [5, 5.41) is 0.784. The molecular formula is C24H19N3O3. The summed E-state index contributed by atoms with van der Waals surface area (Å²) in [7, 11) is 1.85. The molecule has 4 aromatic rings. The van der Waals surface area contributed by atoms with Crippen molar-refractivity contribution in [3.05, 3.63) is 107 Å². The van der Waals surface area contributed by atoms with Gasteiger partial charge in [0.1, 0.15) is 0 Å². The molecule has 0 bridgehead atoms. The van der Waals surface area contributed by atoms with Crippen molar-refractivity contribution in [1.29, 1.82) is 0 Å². The summed E-state index contributed by atoms with van der Waals surface area (Å²) in [4.78, 5) is 38.2. The summed E-state index contributed by atoms with van der Waals surface area (Å²) in [5.74, 6) is -1.27. The molecule has 0 atom stereocenters. The van der Waals surface area contributed by atoms with Crippen molar-refractivity contribution in [3.63, 3.8) is 0 Å². The van der Waals surface area contributed by atoms with Crippen molar-refractivity contribution in [2.45, 2.75) is 0 Å². The van der Waals surface area contributed by atoms with Gasteiger partial charge in [0.15, 0.2) is 5.78 Å². The van der Waals surface area contributed by atoms with Gasteiger partial charge in [0.2, 0.25) is 0 Å². The molecule has 6 nitrogen and oxygen atoms in total. The average molecular weight is 397 g/mol. The smallest absolute Gasteiger partial charge is 0.271 e. The maximum atomic E-state index is 12.8. The summed E-state index contributed by atoms with van der Waals surface area (Å²) in [5.41, 5.74) is 7.15. The standard InChI is InChI=1S/C24H19N3O3/c1-27-15-20(17-11-7-8-14-21(17)27)24(30)26-25-23(29)19-13-6-5-12-18(19)22(28)16-9-3-2-4-10-16/h2-15H,1H3,(H,25,29)(H,26,30). The fourth-order valence-corrected chi connectivity index (χ4v) is 3.39. The Morgan fingerprint density at radius 3 is 1.97 bits per heavy atom. The number of benzene rings is 3. The van der Waals surface area contributed by atoms with Crippen LogP contribution in [0.25, 0.3) is 10.9 Å². The van der Waals surface area contributed by atoms with E-state index in [1.54, 1.807) is 54.7 Å². The number of rotatable bonds is 4. The number of para-hydroxylation sites is 1. The van der Waals surface area contributed by atoms with Crippen LogP contribution < -0.4 is 10.9 Å². The number of ketones is 1. The highest BCUT2D eigenvalue weighted by atomic mass is 16.2. The number of aryl methyl sites for hydroxylation is 1. The Hall–Kier alpha value is -4.19. The molecule has 2 amide bonds. The highest BCUT2D eigenvalue weighted by Crippen LogP contribution is 2.20. The lowest BCUT2D eigenvalue weighted by Gasteiger charge is -2.10. The number of nitrogens with one attached hydrogen (secondary N) is 2. The second-order valence-electron chi connectivity index (χ2n) is 6.82. The molecular weight excluding hydrogens is 378 g/mol. The van der Waals surface area contributed by atoms with Gasteiger partial charge < -0.3 is 4.57 Å². The Morgan fingerprint density at radius 2 is 1.23 bits per heavy atom. The van der Waals surface area contributed by atoms with Crippen molar-refractivity contribution in [1.82, 2.24) is 15.4 Å². The van der Waals surface area contributed by atoms with Crippen LogP contribution in [0.4, 0.5) is 0 Å². The minimum absolute atomic E-state index is 0.185. The van der Waals surface area contributed by atoms with E-state index in [1.807, 2.05) is 41.9 Å². The predicted molar refractivity (Wildman–Crippen MR) is 114 cm³/mol. The second kappa shape index (κ2) is 8.05.